The molecule has 9 nitrogen and oxygen atoms in total. The van der Waals surface area contributed by atoms with Crippen LogP contribution in [-0.2, 0) is 4.74 Å². The van der Waals surface area contributed by atoms with E-state index in [1.807, 2.05) is 49.5 Å². The summed E-state index contributed by atoms with van der Waals surface area (Å²) in [5.41, 5.74) is 3.44. The highest BCUT2D eigenvalue weighted by molar-refractivity contribution is 6.31. The van der Waals surface area contributed by atoms with Gasteiger partial charge in [0.25, 0.3) is 0 Å². The molecule has 4 rings (SSSR count). The van der Waals surface area contributed by atoms with Crippen molar-refractivity contribution in [3.8, 4) is 28.4 Å². The summed E-state index contributed by atoms with van der Waals surface area (Å²) in [6, 6.07) is 9.76. The molecule has 0 saturated carbocycles. The topological polar surface area (TPSA) is 95.9 Å². The number of hydrogen-bond acceptors (Lipinski definition) is 9. The molecule has 0 bridgehead atoms. The first-order valence-electron chi connectivity index (χ1n) is 12.9. The average Bonchev–Trinajstić information content (AvgIpc) is 2.92. The Morgan fingerprint density at radius 1 is 1.13 bits per heavy atom. The number of ether oxygens (including phenoxy) is 2. The van der Waals surface area contributed by atoms with Crippen molar-refractivity contribution in [1.82, 2.24) is 20.3 Å². The van der Waals surface area contributed by atoms with Crippen molar-refractivity contribution in [2.24, 2.45) is 0 Å². The summed E-state index contributed by atoms with van der Waals surface area (Å²) in [7, 11) is 7.80. The van der Waals surface area contributed by atoms with Crippen LogP contribution in [0.25, 0.3) is 22.6 Å². The summed E-state index contributed by atoms with van der Waals surface area (Å²) in [6.45, 7) is 4.11. The zero-order valence-corrected chi connectivity index (χ0v) is 23.5. The molecule has 1 saturated heterocycles. The predicted molar refractivity (Wildman–Crippen MR) is 152 cm³/mol. The maximum atomic E-state index is 10.1. The number of aromatic nitrogens is 3. The van der Waals surface area contributed by atoms with Crippen molar-refractivity contribution in [1.29, 1.82) is 0 Å². The molecular formula is C28H37ClN6O3. The van der Waals surface area contributed by atoms with Gasteiger partial charge < -0.3 is 29.7 Å². The lowest BCUT2D eigenvalue weighted by molar-refractivity contribution is 0.0853. The molecule has 2 N–H and O–H groups in total. The summed E-state index contributed by atoms with van der Waals surface area (Å²) in [6.07, 6.45) is 3.09. The zero-order chi connectivity index (χ0) is 27.2. The van der Waals surface area contributed by atoms with Gasteiger partial charge in [-0.1, -0.05) is 11.6 Å². The Bertz CT molecular complexity index is 1220. The molecule has 0 aliphatic carbocycles. The molecule has 0 amide bonds. The van der Waals surface area contributed by atoms with Crippen LogP contribution in [0.5, 0.6) is 5.75 Å². The number of nitrogens with zero attached hydrogens (tertiary/aromatic N) is 5. The van der Waals surface area contributed by atoms with Gasteiger partial charge in [0.2, 0.25) is 0 Å². The van der Waals surface area contributed by atoms with Crippen molar-refractivity contribution in [2.45, 2.75) is 31.9 Å². The molecule has 3 heterocycles. The first-order chi connectivity index (χ1) is 18.3. The van der Waals surface area contributed by atoms with E-state index < -0.39 is 6.10 Å². The molecule has 3 aromatic rings. The van der Waals surface area contributed by atoms with Crippen LogP contribution in [0.1, 0.15) is 18.4 Å². The molecule has 1 aliphatic heterocycles. The van der Waals surface area contributed by atoms with Gasteiger partial charge in [-0.15, -0.1) is 0 Å². The van der Waals surface area contributed by atoms with Gasteiger partial charge >= 0.3 is 0 Å². The van der Waals surface area contributed by atoms with Gasteiger partial charge in [-0.25, -0.2) is 15.0 Å². The quantitative estimate of drug-likeness (QED) is 0.398. The number of nitrogens with one attached hydrogen (secondary N) is 1. The highest BCUT2D eigenvalue weighted by atomic mass is 35.5. The lowest BCUT2D eigenvalue weighted by Crippen LogP contribution is -2.37. The first-order valence-corrected chi connectivity index (χ1v) is 13.2. The molecule has 1 aromatic carbocycles. The van der Waals surface area contributed by atoms with E-state index >= 15 is 0 Å². The van der Waals surface area contributed by atoms with Crippen LogP contribution in [0.2, 0.25) is 5.02 Å². The maximum absolute atomic E-state index is 10.1. The average molecular weight is 541 g/mol. The zero-order valence-electron chi connectivity index (χ0n) is 22.7. The largest absolute Gasteiger partial charge is 0.491 e. The Morgan fingerprint density at radius 2 is 1.89 bits per heavy atom. The smallest absolute Gasteiger partial charge is 0.162 e. The van der Waals surface area contributed by atoms with E-state index in [-0.39, 0.29) is 6.61 Å². The van der Waals surface area contributed by atoms with Crippen molar-refractivity contribution < 1.29 is 14.6 Å². The van der Waals surface area contributed by atoms with E-state index in [0.29, 0.717) is 29.2 Å². The fourth-order valence-corrected chi connectivity index (χ4v) is 4.78. The highest BCUT2D eigenvalue weighted by Gasteiger charge is 2.24. The maximum Gasteiger partial charge on any atom is 0.162 e. The first kappa shape index (κ1) is 28.0. The second-order valence-corrected chi connectivity index (χ2v) is 10.2. The molecule has 1 unspecified atom stereocenters. The van der Waals surface area contributed by atoms with Gasteiger partial charge in [-0.2, -0.15) is 0 Å². The Morgan fingerprint density at radius 3 is 2.55 bits per heavy atom. The van der Waals surface area contributed by atoms with E-state index in [2.05, 4.69) is 29.2 Å². The minimum absolute atomic E-state index is 0.141. The lowest BCUT2D eigenvalue weighted by atomic mass is 10.0. The monoisotopic (exact) mass is 540 g/mol. The van der Waals surface area contributed by atoms with Crippen molar-refractivity contribution in [3.05, 3.63) is 47.1 Å². The van der Waals surface area contributed by atoms with Gasteiger partial charge in [0.15, 0.2) is 5.82 Å². The second kappa shape index (κ2) is 12.7. The molecule has 38 heavy (non-hydrogen) atoms. The number of aliphatic hydroxyl groups is 1. The lowest BCUT2D eigenvalue weighted by Gasteiger charge is -2.33. The number of benzene rings is 1. The number of likely N-dealkylation sites (N-methyl/N-ethyl adjacent to an activating group) is 1. The SMILES string of the molecule is CNCC(O)COc1cc(Cl)cc(-c2nc(-c3ccc(N(C)C)nc3)c(C)c(N(C)C3CCOCC3)n2)c1. The molecule has 1 atom stereocenters. The van der Waals surface area contributed by atoms with Crippen molar-refractivity contribution in [3.63, 3.8) is 0 Å². The summed E-state index contributed by atoms with van der Waals surface area (Å²) in [5.74, 6) is 2.82. The molecule has 204 valence electrons. The fraction of sp³-hybridized carbons (Fsp3) is 0.464. The summed E-state index contributed by atoms with van der Waals surface area (Å²) in [5, 5.41) is 13.5. The van der Waals surface area contributed by atoms with Crippen molar-refractivity contribution >= 4 is 23.2 Å². The van der Waals surface area contributed by atoms with Crippen molar-refractivity contribution in [2.75, 3.05) is 64.4 Å². The number of pyridine rings is 1. The number of aliphatic hydroxyl groups excluding tert-OH is 1. The standard InChI is InChI=1S/C28H37ClN6O3/c1-18-26(19-6-7-25(31-15-19)34(3)4)32-27(33-28(18)35(5)22-8-10-37-11-9-22)20-12-21(29)14-24(13-20)38-17-23(36)16-30-2/h6-7,12-15,22-23,30,36H,8-11,16-17H2,1-5H3. The van der Waals surface area contributed by atoms with Gasteiger partial charge in [-0.05, 0) is 57.1 Å². The molecule has 0 radical (unpaired) electrons. The Balaban J connectivity index is 1.77. The van der Waals surface area contributed by atoms with E-state index in [1.165, 1.54) is 0 Å². The van der Waals surface area contributed by atoms with Crippen LogP contribution < -0.4 is 19.9 Å². The number of hydrogen-bond donors (Lipinski definition) is 2. The molecular weight excluding hydrogens is 504 g/mol. The third-order valence-corrected chi connectivity index (χ3v) is 6.90. The number of rotatable bonds is 10. The Hall–Kier alpha value is -2.98. The van der Waals surface area contributed by atoms with Crippen LogP contribution in [-0.4, -0.2) is 86.8 Å². The fourth-order valence-electron chi connectivity index (χ4n) is 4.56. The highest BCUT2D eigenvalue weighted by Crippen LogP contribution is 2.34. The van der Waals surface area contributed by atoms with Gasteiger partial charge in [-0.3, -0.25) is 0 Å². The predicted octanol–water partition coefficient (Wildman–Crippen LogP) is 3.81. The third kappa shape index (κ3) is 6.71. The summed E-state index contributed by atoms with van der Waals surface area (Å²) >= 11 is 6.49. The van der Waals surface area contributed by atoms with Gasteiger partial charge in [0.05, 0.1) is 5.69 Å². The van der Waals surface area contributed by atoms with E-state index in [9.17, 15) is 5.11 Å². The molecule has 1 fully saturated rings. The van der Waals surface area contributed by atoms with Gasteiger partial charge in [0.1, 0.15) is 30.1 Å². The number of halogens is 1. The Kier molecular flexibility index (Phi) is 9.38. The van der Waals surface area contributed by atoms with E-state index in [1.54, 1.807) is 13.1 Å². The van der Waals surface area contributed by atoms with Crippen LogP contribution in [0, 0.1) is 6.92 Å². The van der Waals surface area contributed by atoms with Crippen LogP contribution in [0.15, 0.2) is 36.5 Å². The summed E-state index contributed by atoms with van der Waals surface area (Å²) in [4.78, 5) is 18.8. The third-order valence-electron chi connectivity index (χ3n) is 6.68. The van der Waals surface area contributed by atoms with Crippen LogP contribution in [0.4, 0.5) is 11.6 Å². The minimum Gasteiger partial charge on any atom is -0.491 e. The molecule has 1 aliphatic rings. The van der Waals surface area contributed by atoms with Crippen LogP contribution >= 0.6 is 11.6 Å². The Labute approximate surface area is 229 Å². The van der Waals surface area contributed by atoms with Gasteiger partial charge in [0, 0.05) is 74.9 Å². The second-order valence-electron chi connectivity index (χ2n) is 9.80. The van der Waals surface area contributed by atoms with Crippen LogP contribution in [0.3, 0.4) is 0 Å². The molecule has 0 spiro atoms. The normalized spacial score (nSPS) is 14.8. The number of anilines is 2. The molecule has 10 heteroatoms. The summed E-state index contributed by atoms with van der Waals surface area (Å²) < 4.78 is 11.4. The minimum atomic E-state index is -0.637. The van der Waals surface area contributed by atoms with E-state index in [0.717, 1.165) is 60.1 Å². The molecule has 2 aromatic heterocycles. The van der Waals surface area contributed by atoms with E-state index in [4.69, 9.17) is 31.0 Å².